The molecule has 0 amide bonds. The highest BCUT2D eigenvalue weighted by Gasteiger charge is 2.06. The normalized spacial score (nSPS) is 10.5. The Kier molecular flexibility index (Phi) is 3.27. The van der Waals surface area contributed by atoms with Gasteiger partial charge in [0.15, 0.2) is 5.13 Å². The fraction of sp³-hybridized carbons (Fsp3) is 0. The maximum absolute atomic E-state index is 5.93. The molecule has 0 unspecified atom stereocenters. The Hall–Kier alpha value is -1.43. The van der Waals surface area contributed by atoms with Crippen LogP contribution in [0.15, 0.2) is 41.2 Å². The molecule has 0 saturated heterocycles. The Balaban J connectivity index is 1.82. The summed E-state index contributed by atoms with van der Waals surface area (Å²) in [5.41, 5.74) is 1.84. The van der Waals surface area contributed by atoms with E-state index in [1.165, 1.54) is 0 Å². The first-order valence-electron chi connectivity index (χ1n) is 5.19. The van der Waals surface area contributed by atoms with Crippen LogP contribution in [0.1, 0.15) is 0 Å². The summed E-state index contributed by atoms with van der Waals surface area (Å²) in [5.74, 6) is 0. The summed E-state index contributed by atoms with van der Waals surface area (Å²) < 4.78 is 0. The van der Waals surface area contributed by atoms with Gasteiger partial charge in [-0.3, -0.25) is 0 Å². The van der Waals surface area contributed by atoms with Crippen molar-refractivity contribution in [2.45, 2.75) is 0 Å². The van der Waals surface area contributed by atoms with Crippen molar-refractivity contribution < 1.29 is 0 Å². The molecule has 0 atom stereocenters. The average molecular weight is 294 g/mol. The summed E-state index contributed by atoms with van der Waals surface area (Å²) in [7, 11) is 0. The number of nitrogens with zero attached hydrogens (tertiary/aromatic N) is 2. The van der Waals surface area contributed by atoms with Crippen LogP contribution in [0.2, 0.25) is 5.02 Å². The number of aromatic nitrogens is 2. The van der Waals surface area contributed by atoms with E-state index >= 15 is 0 Å². The molecule has 0 saturated carbocycles. The lowest BCUT2D eigenvalue weighted by atomic mass is 10.3. The van der Waals surface area contributed by atoms with E-state index in [2.05, 4.69) is 15.3 Å². The van der Waals surface area contributed by atoms with Gasteiger partial charge >= 0.3 is 0 Å². The molecule has 3 nitrogen and oxygen atoms in total. The zero-order valence-electron chi connectivity index (χ0n) is 9.13. The number of rotatable bonds is 3. The number of benzene rings is 1. The number of hydrogen-bond acceptors (Lipinski definition) is 5. The summed E-state index contributed by atoms with van der Waals surface area (Å²) in [5, 5.41) is 9.64. The van der Waals surface area contributed by atoms with E-state index in [0.717, 1.165) is 21.5 Å². The third kappa shape index (κ3) is 2.53. The number of halogens is 1. The highest BCUT2D eigenvalue weighted by molar-refractivity contribution is 7.15. The number of anilines is 2. The first-order chi connectivity index (χ1) is 8.81. The molecule has 18 heavy (non-hydrogen) atoms. The van der Waals surface area contributed by atoms with Gasteiger partial charge in [0, 0.05) is 27.7 Å². The first kappa shape index (κ1) is 11.6. The topological polar surface area (TPSA) is 37.8 Å². The SMILES string of the molecule is Clc1cccc(Nc2nc(-c3nccs3)cs2)c1. The lowest BCUT2D eigenvalue weighted by Crippen LogP contribution is -1.89. The molecular formula is C12H8ClN3S2. The van der Waals surface area contributed by atoms with E-state index in [9.17, 15) is 0 Å². The van der Waals surface area contributed by atoms with E-state index in [1.807, 2.05) is 35.0 Å². The molecule has 0 aliphatic rings. The van der Waals surface area contributed by atoms with Crippen molar-refractivity contribution in [1.29, 1.82) is 0 Å². The molecule has 2 aromatic heterocycles. The van der Waals surface area contributed by atoms with Crippen LogP contribution in [0.4, 0.5) is 10.8 Å². The average Bonchev–Trinajstić information content (AvgIpc) is 2.98. The number of nitrogens with one attached hydrogen (secondary N) is 1. The lowest BCUT2D eigenvalue weighted by Gasteiger charge is -2.01. The highest BCUT2D eigenvalue weighted by Crippen LogP contribution is 2.28. The van der Waals surface area contributed by atoms with Crippen molar-refractivity contribution in [3.63, 3.8) is 0 Å². The fourth-order valence-corrected chi connectivity index (χ4v) is 3.05. The molecule has 90 valence electrons. The molecular weight excluding hydrogens is 286 g/mol. The molecule has 0 spiro atoms. The molecule has 1 N–H and O–H groups in total. The smallest absolute Gasteiger partial charge is 0.187 e. The summed E-state index contributed by atoms with van der Waals surface area (Å²) in [6, 6.07) is 7.57. The number of hydrogen-bond donors (Lipinski definition) is 1. The molecule has 3 rings (SSSR count). The summed E-state index contributed by atoms with van der Waals surface area (Å²) >= 11 is 9.06. The van der Waals surface area contributed by atoms with Crippen LogP contribution in [-0.4, -0.2) is 9.97 Å². The standard InChI is InChI=1S/C12H8ClN3S2/c13-8-2-1-3-9(6-8)15-12-16-10(7-18-12)11-14-4-5-17-11/h1-7H,(H,15,16). The van der Waals surface area contributed by atoms with Gasteiger partial charge in [-0.05, 0) is 18.2 Å². The van der Waals surface area contributed by atoms with Gasteiger partial charge in [0.2, 0.25) is 0 Å². The van der Waals surface area contributed by atoms with Crippen molar-refractivity contribution in [2.24, 2.45) is 0 Å². The molecule has 0 aliphatic heterocycles. The van der Waals surface area contributed by atoms with E-state index < -0.39 is 0 Å². The van der Waals surface area contributed by atoms with E-state index in [4.69, 9.17) is 11.6 Å². The zero-order chi connectivity index (χ0) is 12.4. The molecule has 0 radical (unpaired) electrons. The second-order valence-electron chi connectivity index (χ2n) is 3.51. The Morgan fingerprint density at radius 3 is 2.94 bits per heavy atom. The second kappa shape index (κ2) is 5.06. The molecule has 0 bridgehead atoms. The van der Waals surface area contributed by atoms with Gasteiger partial charge in [0.25, 0.3) is 0 Å². The van der Waals surface area contributed by atoms with Gasteiger partial charge in [0.1, 0.15) is 10.7 Å². The first-order valence-corrected chi connectivity index (χ1v) is 7.33. The predicted molar refractivity (Wildman–Crippen MR) is 78.0 cm³/mol. The van der Waals surface area contributed by atoms with Gasteiger partial charge in [0.05, 0.1) is 0 Å². The van der Waals surface area contributed by atoms with Crippen LogP contribution in [0.5, 0.6) is 0 Å². The van der Waals surface area contributed by atoms with E-state index in [1.54, 1.807) is 28.9 Å². The van der Waals surface area contributed by atoms with Crippen LogP contribution in [0, 0.1) is 0 Å². The monoisotopic (exact) mass is 293 g/mol. The molecule has 0 aliphatic carbocycles. The van der Waals surface area contributed by atoms with Crippen LogP contribution < -0.4 is 5.32 Å². The van der Waals surface area contributed by atoms with Gasteiger partial charge < -0.3 is 5.32 Å². The molecule has 1 aromatic carbocycles. The van der Waals surface area contributed by atoms with E-state index in [-0.39, 0.29) is 0 Å². The van der Waals surface area contributed by atoms with Gasteiger partial charge in [-0.15, -0.1) is 22.7 Å². The van der Waals surface area contributed by atoms with Crippen LogP contribution in [0.25, 0.3) is 10.7 Å². The van der Waals surface area contributed by atoms with Crippen LogP contribution >= 0.6 is 34.3 Å². The Morgan fingerprint density at radius 2 is 2.17 bits per heavy atom. The van der Waals surface area contributed by atoms with Crippen molar-refractivity contribution in [3.8, 4) is 10.7 Å². The minimum Gasteiger partial charge on any atom is -0.331 e. The summed E-state index contributed by atoms with van der Waals surface area (Å²) in [6.07, 6.45) is 1.78. The van der Waals surface area contributed by atoms with Gasteiger partial charge in [-0.25, -0.2) is 9.97 Å². The van der Waals surface area contributed by atoms with Crippen molar-refractivity contribution in [3.05, 3.63) is 46.2 Å². The van der Waals surface area contributed by atoms with Gasteiger partial charge in [-0.2, -0.15) is 0 Å². The largest absolute Gasteiger partial charge is 0.331 e. The molecule has 0 fully saturated rings. The van der Waals surface area contributed by atoms with Crippen LogP contribution in [-0.2, 0) is 0 Å². The van der Waals surface area contributed by atoms with Crippen molar-refractivity contribution >= 4 is 45.1 Å². The Bertz CT molecular complexity index is 649. The Labute approximate surface area is 117 Å². The van der Waals surface area contributed by atoms with E-state index in [0.29, 0.717) is 5.02 Å². The Morgan fingerprint density at radius 1 is 1.22 bits per heavy atom. The number of thiazole rings is 2. The zero-order valence-corrected chi connectivity index (χ0v) is 11.5. The second-order valence-corrected chi connectivity index (χ2v) is 5.70. The summed E-state index contributed by atoms with van der Waals surface area (Å²) in [4.78, 5) is 8.72. The van der Waals surface area contributed by atoms with Crippen LogP contribution in [0.3, 0.4) is 0 Å². The van der Waals surface area contributed by atoms with Crippen molar-refractivity contribution in [2.75, 3.05) is 5.32 Å². The lowest BCUT2D eigenvalue weighted by molar-refractivity contribution is 1.33. The fourth-order valence-electron chi connectivity index (χ4n) is 1.47. The maximum atomic E-state index is 5.93. The molecule has 2 heterocycles. The maximum Gasteiger partial charge on any atom is 0.187 e. The molecule has 3 aromatic rings. The predicted octanol–water partition coefficient (Wildman–Crippen LogP) is 4.66. The summed E-state index contributed by atoms with van der Waals surface area (Å²) in [6.45, 7) is 0. The minimum absolute atomic E-state index is 0.705. The quantitative estimate of drug-likeness (QED) is 0.763. The highest BCUT2D eigenvalue weighted by atomic mass is 35.5. The third-order valence-corrected chi connectivity index (χ3v) is 4.02. The minimum atomic E-state index is 0.705. The molecule has 6 heteroatoms. The van der Waals surface area contributed by atoms with Crippen molar-refractivity contribution in [1.82, 2.24) is 9.97 Å². The third-order valence-electron chi connectivity index (χ3n) is 2.23. The van der Waals surface area contributed by atoms with Gasteiger partial charge in [-0.1, -0.05) is 17.7 Å².